The number of benzene rings is 2. The number of fused-ring (bicyclic) bond motifs is 1. The molecule has 0 radical (unpaired) electrons. The molecule has 0 saturated heterocycles. The maximum Gasteiger partial charge on any atom is 0.137 e. The Bertz CT molecular complexity index is 690. The molecule has 1 aromatic heterocycles. The molecule has 0 aliphatic heterocycles. The Hall–Kier alpha value is -2.62. The highest BCUT2D eigenvalue weighted by Gasteiger charge is 2.02. The van der Waals surface area contributed by atoms with Gasteiger partial charge in [0.15, 0.2) is 0 Å². The second-order valence-electron chi connectivity index (χ2n) is 4.26. The molecule has 0 bridgehead atoms. The molecule has 0 spiro atoms. The number of phenols is 1. The van der Waals surface area contributed by atoms with Gasteiger partial charge in [-0.05, 0) is 29.8 Å². The van der Waals surface area contributed by atoms with E-state index >= 15 is 0 Å². The molecule has 4 nitrogen and oxygen atoms in total. The van der Waals surface area contributed by atoms with Crippen LogP contribution < -0.4 is 5.32 Å². The summed E-state index contributed by atoms with van der Waals surface area (Å²) in [7, 11) is 0. The van der Waals surface area contributed by atoms with Gasteiger partial charge < -0.3 is 10.4 Å². The summed E-state index contributed by atoms with van der Waals surface area (Å²) in [6.07, 6.45) is 1.56. The Balaban J connectivity index is 1.84. The Kier molecular flexibility index (Phi) is 2.98. The Morgan fingerprint density at radius 2 is 1.74 bits per heavy atom. The van der Waals surface area contributed by atoms with Crippen molar-refractivity contribution in [1.29, 1.82) is 0 Å². The summed E-state index contributed by atoms with van der Waals surface area (Å²) in [6, 6.07) is 15.0. The molecule has 0 aliphatic rings. The van der Waals surface area contributed by atoms with Crippen LogP contribution in [0.5, 0.6) is 5.75 Å². The summed E-state index contributed by atoms with van der Waals surface area (Å²) in [5, 5.41) is 13.5. The van der Waals surface area contributed by atoms with E-state index in [1.807, 2.05) is 36.4 Å². The van der Waals surface area contributed by atoms with Crippen molar-refractivity contribution in [3.8, 4) is 5.75 Å². The van der Waals surface area contributed by atoms with E-state index in [9.17, 15) is 5.11 Å². The van der Waals surface area contributed by atoms with Crippen molar-refractivity contribution in [2.24, 2.45) is 0 Å². The van der Waals surface area contributed by atoms with Crippen molar-refractivity contribution in [2.45, 2.75) is 6.54 Å². The highest BCUT2D eigenvalue weighted by atomic mass is 16.3. The SMILES string of the molecule is Oc1ccc(CNc2ncnc3ccccc23)cc1. The fourth-order valence-electron chi connectivity index (χ4n) is 1.95. The third kappa shape index (κ3) is 2.47. The largest absolute Gasteiger partial charge is 0.508 e. The van der Waals surface area contributed by atoms with Crippen LogP contribution in [-0.4, -0.2) is 15.1 Å². The number of hydrogen-bond acceptors (Lipinski definition) is 4. The van der Waals surface area contributed by atoms with Crippen LogP contribution >= 0.6 is 0 Å². The van der Waals surface area contributed by atoms with Crippen LogP contribution in [0.15, 0.2) is 54.9 Å². The Labute approximate surface area is 110 Å². The molecule has 3 aromatic rings. The first-order valence-electron chi connectivity index (χ1n) is 6.04. The van der Waals surface area contributed by atoms with Gasteiger partial charge in [-0.15, -0.1) is 0 Å². The molecule has 0 amide bonds. The van der Waals surface area contributed by atoms with E-state index in [0.29, 0.717) is 6.54 Å². The Morgan fingerprint density at radius 3 is 2.58 bits per heavy atom. The normalized spacial score (nSPS) is 10.5. The van der Waals surface area contributed by atoms with Gasteiger partial charge in [0.05, 0.1) is 5.52 Å². The third-order valence-corrected chi connectivity index (χ3v) is 2.94. The van der Waals surface area contributed by atoms with Gasteiger partial charge in [0.2, 0.25) is 0 Å². The van der Waals surface area contributed by atoms with Crippen molar-refractivity contribution in [1.82, 2.24) is 9.97 Å². The zero-order chi connectivity index (χ0) is 13.1. The number of aromatic hydroxyl groups is 1. The molecular weight excluding hydrogens is 238 g/mol. The lowest BCUT2D eigenvalue weighted by atomic mass is 10.2. The number of aromatic nitrogens is 2. The molecule has 19 heavy (non-hydrogen) atoms. The number of nitrogens with zero attached hydrogens (tertiary/aromatic N) is 2. The number of phenolic OH excluding ortho intramolecular Hbond substituents is 1. The molecular formula is C15H13N3O. The number of anilines is 1. The minimum atomic E-state index is 0.274. The predicted molar refractivity (Wildman–Crippen MR) is 75.0 cm³/mol. The fraction of sp³-hybridized carbons (Fsp3) is 0.0667. The van der Waals surface area contributed by atoms with E-state index in [2.05, 4.69) is 15.3 Å². The van der Waals surface area contributed by atoms with Gasteiger partial charge in [-0.25, -0.2) is 9.97 Å². The van der Waals surface area contributed by atoms with Crippen molar-refractivity contribution in [3.63, 3.8) is 0 Å². The van der Waals surface area contributed by atoms with Crippen LogP contribution in [0.25, 0.3) is 10.9 Å². The van der Waals surface area contributed by atoms with E-state index in [1.165, 1.54) is 0 Å². The molecule has 0 aliphatic carbocycles. The predicted octanol–water partition coefficient (Wildman–Crippen LogP) is 2.95. The highest BCUT2D eigenvalue weighted by molar-refractivity contribution is 5.88. The maximum absolute atomic E-state index is 9.24. The van der Waals surface area contributed by atoms with E-state index in [1.54, 1.807) is 18.5 Å². The van der Waals surface area contributed by atoms with Crippen LogP contribution in [0.1, 0.15) is 5.56 Å². The van der Waals surface area contributed by atoms with Gasteiger partial charge in [0.25, 0.3) is 0 Å². The number of hydrogen-bond donors (Lipinski definition) is 2. The lowest BCUT2D eigenvalue weighted by Gasteiger charge is -2.08. The van der Waals surface area contributed by atoms with Gasteiger partial charge in [0.1, 0.15) is 17.9 Å². The van der Waals surface area contributed by atoms with Crippen LogP contribution in [0.4, 0.5) is 5.82 Å². The molecule has 3 rings (SSSR count). The summed E-state index contributed by atoms with van der Waals surface area (Å²) >= 11 is 0. The van der Waals surface area contributed by atoms with E-state index in [4.69, 9.17) is 0 Å². The van der Waals surface area contributed by atoms with Crippen LogP contribution in [0.3, 0.4) is 0 Å². The van der Waals surface area contributed by atoms with Crippen molar-refractivity contribution < 1.29 is 5.11 Å². The minimum absolute atomic E-state index is 0.274. The fourth-order valence-corrected chi connectivity index (χ4v) is 1.95. The van der Waals surface area contributed by atoms with Gasteiger partial charge in [-0.1, -0.05) is 24.3 Å². The number of nitrogens with one attached hydrogen (secondary N) is 1. The van der Waals surface area contributed by atoms with Crippen molar-refractivity contribution in [2.75, 3.05) is 5.32 Å². The summed E-state index contributed by atoms with van der Waals surface area (Å²) in [5.41, 5.74) is 2.01. The molecule has 0 unspecified atom stereocenters. The highest BCUT2D eigenvalue weighted by Crippen LogP contribution is 2.19. The first-order valence-corrected chi connectivity index (χ1v) is 6.04. The number of para-hydroxylation sites is 1. The lowest BCUT2D eigenvalue weighted by molar-refractivity contribution is 0.475. The van der Waals surface area contributed by atoms with Gasteiger partial charge >= 0.3 is 0 Å². The van der Waals surface area contributed by atoms with E-state index in [0.717, 1.165) is 22.3 Å². The average Bonchev–Trinajstić information content (AvgIpc) is 2.47. The summed E-state index contributed by atoms with van der Waals surface area (Å²) in [4.78, 5) is 8.49. The number of rotatable bonds is 3. The molecule has 1 heterocycles. The summed E-state index contributed by atoms with van der Waals surface area (Å²) in [5.74, 6) is 1.09. The molecule has 2 N–H and O–H groups in total. The van der Waals surface area contributed by atoms with Crippen molar-refractivity contribution in [3.05, 3.63) is 60.4 Å². The molecule has 0 fully saturated rings. The summed E-state index contributed by atoms with van der Waals surface area (Å²) < 4.78 is 0. The van der Waals surface area contributed by atoms with Crippen LogP contribution in [-0.2, 0) is 6.54 Å². The van der Waals surface area contributed by atoms with Gasteiger partial charge in [-0.2, -0.15) is 0 Å². The van der Waals surface area contributed by atoms with Gasteiger partial charge in [0, 0.05) is 11.9 Å². The summed E-state index contributed by atoms with van der Waals surface area (Å²) in [6.45, 7) is 0.654. The first-order chi connectivity index (χ1) is 9.33. The molecule has 0 atom stereocenters. The van der Waals surface area contributed by atoms with E-state index < -0.39 is 0 Å². The maximum atomic E-state index is 9.24. The molecule has 2 aromatic carbocycles. The van der Waals surface area contributed by atoms with Crippen molar-refractivity contribution >= 4 is 16.7 Å². The lowest BCUT2D eigenvalue weighted by Crippen LogP contribution is -2.02. The van der Waals surface area contributed by atoms with Crippen LogP contribution in [0.2, 0.25) is 0 Å². The monoisotopic (exact) mass is 251 g/mol. The topological polar surface area (TPSA) is 58.0 Å². The zero-order valence-corrected chi connectivity index (χ0v) is 10.2. The standard InChI is InChI=1S/C15H13N3O/c19-12-7-5-11(6-8-12)9-16-15-13-3-1-2-4-14(13)17-10-18-15/h1-8,10,19H,9H2,(H,16,17,18). The smallest absolute Gasteiger partial charge is 0.137 e. The minimum Gasteiger partial charge on any atom is -0.508 e. The van der Waals surface area contributed by atoms with E-state index in [-0.39, 0.29) is 5.75 Å². The first kappa shape index (κ1) is 11.5. The second kappa shape index (κ2) is 4.94. The molecule has 0 saturated carbocycles. The van der Waals surface area contributed by atoms with Crippen LogP contribution in [0, 0.1) is 0 Å². The Morgan fingerprint density at radius 1 is 0.947 bits per heavy atom. The second-order valence-corrected chi connectivity index (χ2v) is 4.26. The molecule has 4 heteroatoms. The molecule has 94 valence electrons. The van der Waals surface area contributed by atoms with Gasteiger partial charge in [-0.3, -0.25) is 0 Å². The quantitative estimate of drug-likeness (QED) is 0.751. The third-order valence-electron chi connectivity index (χ3n) is 2.94. The average molecular weight is 251 g/mol. The zero-order valence-electron chi connectivity index (χ0n) is 10.2.